The van der Waals surface area contributed by atoms with Gasteiger partial charge >= 0.3 is 0 Å². The Balaban J connectivity index is 1.98. The van der Waals surface area contributed by atoms with Gasteiger partial charge in [0.05, 0.1) is 32.8 Å². The minimum Gasteiger partial charge on any atom is -0.312 e. The summed E-state index contributed by atoms with van der Waals surface area (Å²) in [5.74, 6) is 0.344. The molecule has 3 aromatic rings. The highest BCUT2D eigenvalue weighted by atomic mass is 35.5. The normalized spacial score (nSPS) is 13.0. The standard InChI is InChI=1S/C18H13Cl3N2OS/c19-14-3-1-13(2-4-14)11-25(24)18(10-23-8-7-22-12-23)16-6-5-15(20)9-17(16)21/h1-10,12H,11H2/b18-10-. The predicted molar refractivity (Wildman–Crippen MR) is 106 cm³/mol. The predicted octanol–water partition coefficient (Wildman–Crippen LogP) is 5.75. The van der Waals surface area contributed by atoms with Gasteiger partial charge in [0.25, 0.3) is 0 Å². The SMILES string of the molecule is O=S(Cc1ccc(Cl)cc1)/C(=C\n1ccnc1)c1ccc(Cl)cc1Cl. The summed E-state index contributed by atoms with van der Waals surface area (Å²) in [5, 5.41) is 1.62. The lowest BCUT2D eigenvalue weighted by atomic mass is 10.2. The molecule has 0 saturated heterocycles. The maximum absolute atomic E-state index is 13.0. The lowest BCUT2D eigenvalue weighted by molar-refractivity contribution is 0.688. The molecule has 0 saturated carbocycles. The fourth-order valence-electron chi connectivity index (χ4n) is 2.23. The second-order valence-corrected chi connectivity index (χ2v) is 7.94. The molecule has 0 aliphatic rings. The van der Waals surface area contributed by atoms with Crippen molar-refractivity contribution in [1.82, 2.24) is 9.55 Å². The minimum atomic E-state index is -1.33. The van der Waals surface area contributed by atoms with Crippen LogP contribution in [-0.4, -0.2) is 13.8 Å². The van der Waals surface area contributed by atoms with E-state index in [1.54, 1.807) is 59.8 Å². The molecule has 25 heavy (non-hydrogen) atoms. The van der Waals surface area contributed by atoms with Gasteiger partial charge in [-0.2, -0.15) is 0 Å². The second-order valence-electron chi connectivity index (χ2n) is 5.24. The Morgan fingerprint density at radius 2 is 1.80 bits per heavy atom. The molecule has 0 aliphatic heterocycles. The maximum atomic E-state index is 13.0. The highest BCUT2D eigenvalue weighted by molar-refractivity contribution is 7.94. The van der Waals surface area contributed by atoms with Crippen molar-refractivity contribution in [2.75, 3.05) is 0 Å². The van der Waals surface area contributed by atoms with Crippen LogP contribution in [0, 0.1) is 0 Å². The zero-order chi connectivity index (χ0) is 17.8. The number of hydrogen-bond donors (Lipinski definition) is 0. The van der Waals surface area contributed by atoms with E-state index < -0.39 is 10.8 Å². The maximum Gasteiger partial charge on any atom is 0.0987 e. The van der Waals surface area contributed by atoms with Crippen LogP contribution in [-0.2, 0) is 16.6 Å². The Morgan fingerprint density at radius 3 is 2.44 bits per heavy atom. The second kappa shape index (κ2) is 8.19. The molecule has 2 aromatic carbocycles. The summed E-state index contributed by atoms with van der Waals surface area (Å²) in [6, 6.07) is 12.4. The molecular formula is C18H13Cl3N2OS. The van der Waals surface area contributed by atoms with E-state index in [0.717, 1.165) is 5.56 Å². The molecule has 0 aliphatic carbocycles. The third kappa shape index (κ3) is 4.73. The molecule has 0 N–H and O–H groups in total. The van der Waals surface area contributed by atoms with Crippen LogP contribution in [0.4, 0.5) is 0 Å². The quantitative estimate of drug-likeness (QED) is 0.536. The van der Waals surface area contributed by atoms with E-state index in [2.05, 4.69) is 4.98 Å². The van der Waals surface area contributed by atoms with Crippen molar-refractivity contribution in [3.05, 3.63) is 87.4 Å². The van der Waals surface area contributed by atoms with E-state index in [9.17, 15) is 4.21 Å². The van der Waals surface area contributed by atoms with Crippen LogP contribution in [0.2, 0.25) is 15.1 Å². The Bertz CT molecular complexity index is 922. The summed E-state index contributed by atoms with van der Waals surface area (Å²) in [6.45, 7) is 0. The number of halogens is 3. The summed E-state index contributed by atoms with van der Waals surface area (Å²) in [6.07, 6.45) is 6.81. The molecule has 3 rings (SSSR count). The third-order valence-electron chi connectivity index (χ3n) is 3.44. The van der Waals surface area contributed by atoms with E-state index in [1.807, 2.05) is 12.1 Å². The first kappa shape index (κ1) is 18.2. The third-order valence-corrected chi connectivity index (χ3v) is 5.66. The first-order valence-corrected chi connectivity index (χ1v) is 9.76. The first-order valence-electron chi connectivity index (χ1n) is 7.30. The molecule has 7 heteroatoms. The fourth-order valence-corrected chi connectivity index (χ4v) is 4.24. The molecule has 0 spiro atoms. The van der Waals surface area contributed by atoms with E-state index >= 15 is 0 Å². The number of imidazole rings is 1. The molecule has 1 heterocycles. The van der Waals surface area contributed by atoms with Gasteiger partial charge < -0.3 is 4.57 Å². The summed E-state index contributed by atoms with van der Waals surface area (Å²) < 4.78 is 14.8. The molecule has 0 bridgehead atoms. The minimum absolute atomic E-state index is 0.344. The smallest absolute Gasteiger partial charge is 0.0987 e. The average molecular weight is 412 g/mol. The highest BCUT2D eigenvalue weighted by Crippen LogP contribution is 2.31. The van der Waals surface area contributed by atoms with Gasteiger partial charge in [0.2, 0.25) is 0 Å². The van der Waals surface area contributed by atoms with Crippen LogP contribution in [0.5, 0.6) is 0 Å². The molecule has 128 valence electrons. The first-order chi connectivity index (χ1) is 12.0. The van der Waals surface area contributed by atoms with Crippen LogP contribution in [0.25, 0.3) is 11.1 Å². The van der Waals surface area contributed by atoms with Crippen molar-refractivity contribution in [3.63, 3.8) is 0 Å². The van der Waals surface area contributed by atoms with Gasteiger partial charge in [0, 0.05) is 34.2 Å². The lowest BCUT2D eigenvalue weighted by Crippen LogP contribution is -2.01. The zero-order valence-corrected chi connectivity index (χ0v) is 16.0. The average Bonchev–Trinajstić information content (AvgIpc) is 3.08. The molecule has 0 radical (unpaired) electrons. The van der Waals surface area contributed by atoms with Gasteiger partial charge in [-0.25, -0.2) is 4.98 Å². The Labute approximate surface area is 163 Å². The summed E-state index contributed by atoms with van der Waals surface area (Å²) in [7, 11) is -1.33. The molecule has 1 aromatic heterocycles. The molecule has 1 atom stereocenters. The Hall–Kier alpha value is -1.59. The summed E-state index contributed by atoms with van der Waals surface area (Å²) in [5.41, 5.74) is 1.59. The van der Waals surface area contributed by atoms with Crippen LogP contribution >= 0.6 is 34.8 Å². The molecular weight excluding hydrogens is 399 g/mol. The topological polar surface area (TPSA) is 34.9 Å². The van der Waals surface area contributed by atoms with Gasteiger partial charge in [-0.1, -0.05) is 53.0 Å². The van der Waals surface area contributed by atoms with Crippen molar-refractivity contribution in [1.29, 1.82) is 0 Å². The molecule has 1 unspecified atom stereocenters. The molecule has 0 amide bonds. The van der Waals surface area contributed by atoms with Crippen molar-refractivity contribution in [2.45, 2.75) is 5.75 Å². The van der Waals surface area contributed by atoms with Gasteiger partial charge in [-0.15, -0.1) is 0 Å². The number of aromatic nitrogens is 2. The van der Waals surface area contributed by atoms with Gasteiger partial charge in [0.15, 0.2) is 0 Å². The van der Waals surface area contributed by atoms with Gasteiger partial charge in [-0.05, 0) is 29.8 Å². The number of nitrogens with zero attached hydrogens (tertiary/aromatic N) is 2. The molecule has 0 fully saturated rings. The summed E-state index contributed by atoms with van der Waals surface area (Å²) >= 11 is 18.2. The number of benzene rings is 2. The monoisotopic (exact) mass is 410 g/mol. The van der Waals surface area contributed by atoms with E-state index in [-0.39, 0.29) is 0 Å². The van der Waals surface area contributed by atoms with Gasteiger partial charge in [-0.3, -0.25) is 4.21 Å². The lowest BCUT2D eigenvalue weighted by Gasteiger charge is -2.11. The highest BCUT2D eigenvalue weighted by Gasteiger charge is 2.15. The summed E-state index contributed by atoms with van der Waals surface area (Å²) in [4.78, 5) is 4.60. The Kier molecular flexibility index (Phi) is 5.97. The van der Waals surface area contributed by atoms with Crippen LogP contribution in [0.15, 0.2) is 61.2 Å². The van der Waals surface area contributed by atoms with Crippen molar-refractivity contribution in [2.24, 2.45) is 0 Å². The Morgan fingerprint density at radius 1 is 1.08 bits per heavy atom. The zero-order valence-electron chi connectivity index (χ0n) is 12.9. The van der Waals surface area contributed by atoms with Crippen LogP contribution < -0.4 is 0 Å². The van der Waals surface area contributed by atoms with Crippen LogP contribution in [0.1, 0.15) is 11.1 Å². The van der Waals surface area contributed by atoms with Crippen molar-refractivity contribution in [3.8, 4) is 0 Å². The van der Waals surface area contributed by atoms with Crippen molar-refractivity contribution < 1.29 is 4.21 Å². The van der Waals surface area contributed by atoms with E-state index in [1.165, 1.54) is 0 Å². The van der Waals surface area contributed by atoms with E-state index in [4.69, 9.17) is 34.8 Å². The van der Waals surface area contributed by atoms with E-state index in [0.29, 0.717) is 31.3 Å². The fraction of sp³-hybridized carbons (Fsp3) is 0.0556. The molecule has 3 nitrogen and oxygen atoms in total. The van der Waals surface area contributed by atoms with Crippen LogP contribution in [0.3, 0.4) is 0 Å². The van der Waals surface area contributed by atoms with Crippen molar-refractivity contribution >= 4 is 56.7 Å². The van der Waals surface area contributed by atoms with Gasteiger partial charge in [0.1, 0.15) is 0 Å². The number of hydrogen-bond acceptors (Lipinski definition) is 2. The largest absolute Gasteiger partial charge is 0.312 e. The number of rotatable bonds is 5.